The van der Waals surface area contributed by atoms with Crippen molar-refractivity contribution in [2.24, 2.45) is 5.73 Å². The second kappa shape index (κ2) is 7.96. The van der Waals surface area contributed by atoms with Crippen LogP contribution in [0.3, 0.4) is 0 Å². The minimum atomic E-state index is -0.985. The number of urea groups is 1. The van der Waals surface area contributed by atoms with Crippen LogP contribution in [0, 0.1) is 6.92 Å². The fourth-order valence-electron chi connectivity index (χ4n) is 2.12. The van der Waals surface area contributed by atoms with Crippen molar-refractivity contribution >= 4 is 29.3 Å². The Kier molecular flexibility index (Phi) is 5.73. The molecule has 0 aliphatic rings. The van der Waals surface area contributed by atoms with Gasteiger partial charge in [0.1, 0.15) is 0 Å². The van der Waals surface area contributed by atoms with Crippen molar-refractivity contribution in [3.05, 3.63) is 59.7 Å². The van der Waals surface area contributed by atoms with E-state index in [0.717, 1.165) is 5.56 Å². The fraction of sp³-hybridized carbons (Fsp3) is 0.167. The summed E-state index contributed by atoms with van der Waals surface area (Å²) in [4.78, 5) is 35.2. The Labute approximate surface area is 145 Å². The SMILES string of the molecule is Cc1cccc(NC(=O)[C@@H](C)OC(=O)c2cccc(NC(N)=O)c2)c1. The fourth-order valence-corrected chi connectivity index (χ4v) is 2.12. The first kappa shape index (κ1) is 18.0. The molecule has 2 aromatic rings. The average molecular weight is 341 g/mol. The number of hydrogen-bond donors (Lipinski definition) is 3. The molecule has 25 heavy (non-hydrogen) atoms. The summed E-state index contributed by atoms with van der Waals surface area (Å²) in [6.07, 6.45) is -0.985. The molecule has 1 atom stereocenters. The number of carbonyl (C=O) groups is 3. The van der Waals surface area contributed by atoms with E-state index in [1.807, 2.05) is 25.1 Å². The van der Waals surface area contributed by atoms with E-state index in [0.29, 0.717) is 11.4 Å². The highest BCUT2D eigenvalue weighted by Gasteiger charge is 2.19. The van der Waals surface area contributed by atoms with Crippen LogP contribution in [0.5, 0.6) is 0 Å². The summed E-state index contributed by atoms with van der Waals surface area (Å²) in [5.74, 6) is -1.12. The standard InChI is InChI=1S/C18H19N3O4/c1-11-5-3-7-14(9-11)20-16(22)12(2)25-17(23)13-6-4-8-15(10-13)21-18(19)24/h3-10,12H,1-2H3,(H,20,22)(H3,19,21,24)/t12-/m1/s1. The molecule has 0 heterocycles. The molecule has 0 spiro atoms. The van der Waals surface area contributed by atoms with Crippen molar-refractivity contribution in [1.82, 2.24) is 0 Å². The monoisotopic (exact) mass is 341 g/mol. The number of aryl methyl sites for hydroxylation is 1. The molecule has 2 rings (SSSR count). The minimum absolute atomic E-state index is 0.196. The highest BCUT2D eigenvalue weighted by Crippen LogP contribution is 2.14. The maximum absolute atomic E-state index is 12.2. The smallest absolute Gasteiger partial charge is 0.338 e. The number of rotatable bonds is 5. The van der Waals surface area contributed by atoms with E-state index in [2.05, 4.69) is 10.6 Å². The molecule has 2 aromatic carbocycles. The number of amides is 3. The Balaban J connectivity index is 1.99. The Morgan fingerprint density at radius 3 is 2.28 bits per heavy atom. The van der Waals surface area contributed by atoms with Gasteiger partial charge in [-0.1, -0.05) is 18.2 Å². The lowest BCUT2D eigenvalue weighted by atomic mass is 10.2. The summed E-state index contributed by atoms with van der Waals surface area (Å²) in [7, 11) is 0. The van der Waals surface area contributed by atoms with Gasteiger partial charge in [-0.25, -0.2) is 9.59 Å². The van der Waals surface area contributed by atoms with Gasteiger partial charge >= 0.3 is 12.0 Å². The third-order valence-corrected chi connectivity index (χ3v) is 3.30. The average Bonchev–Trinajstić information content (AvgIpc) is 2.54. The number of primary amides is 1. The lowest BCUT2D eigenvalue weighted by molar-refractivity contribution is -0.123. The summed E-state index contributed by atoms with van der Waals surface area (Å²) in [6.45, 7) is 3.39. The Morgan fingerprint density at radius 2 is 1.64 bits per heavy atom. The van der Waals surface area contributed by atoms with Crippen LogP contribution in [0.2, 0.25) is 0 Å². The van der Waals surface area contributed by atoms with Gasteiger partial charge in [0.2, 0.25) is 0 Å². The van der Waals surface area contributed by atoms with Gasteiger partial charge in [0.25, 0.3) is 5.91 Å². The maximum Gasteiger partial charge on any atom is 0.338 e. The molecule has 130 valence electrons. The first-order valence-electron chi connectivity index (χ1n) is 7.60. The highest BCUT2D eigenvalue weighted by molar-refractivity contribution is 5.98. The molecule has 0 bridgehead atoms. The van der Waals surface area contributed by atoms with Crippen molar-refractivity contribution in [1.29, 1.82) is 0 Å². The zero-order chi connectivity index (χ0) is 18.4. The summed E-state index contributed by atoms with van der Waals surface area (Å²) in [6, 6.07) is 12.6. The molecule has 0 saturated carbocycles. The second-order valence-corrected chi connectivity index (χ2v) is 5.48. The van der Waals surface area contributed by atoms with Crippen LogP contribution in [0.15, 0.2) is 48.5 Å². The number of hydrogen-bond acceptors (Lipinski definition) is 4. The Hall–Kier alpha value is -3.35. The summed E-state index contributed by atoms with van der Waals surface area (Å²) in [5, 5.41) is 5.05. The van der Waals surface area contributed by atoms with E-state index in [1.54, 1.807) is 18.2 Å². The normalized spacial score (nSPS) is 11.3. The third-order valence-electron chi connectivity index (χ3n) is 3.30. The van der Waals surface area contributed by atoms with Crippen LogP contribution >= 0.6 is 0 Å². The Morgan fingerprint density at radius 1 is 1.00 bits per heavy atom. The first-order valence-corrected chi connectivity index (χ1v) is 7.60. The molecule has 0 aromatic heterocycles. The quantitative estimate of drug-likeness (QED) is 0.726. The number of anilines is 2. The molecule has 0 aliphatic heterocycles. The van der Waals surface area contributed by atoms with Crippen LogP contribution in [-0.2, 0) is 9.53 Å². The van der Waals surface area contributed by atoms with Gasteiger partial charge in [0, 0.05) is 11.4 Å². The van der Waals surface area contributed by atoms with E-state index < -0.39 is 24.0 Å². The molecule has 0 radical (unpaired) electrons. The molecule has 0 unspecified atom stereocenters. The lowest BCUT2D eigenvalue weighted by Crippen LogP contribution is -2.30. The van der Waals surface area contributed by atoms with E-state index >= 15 is 0 Å². The van der Waals surface area contributed by atoms with E-state index in [-0.39, 0.29) is 5.56 Å². The number of ether oxygens (including phenoxy) is 1. The molecule has 0 saturated heterocycles. The van der Waals surface area contributed by atoms with Crippen LogP contribution in [0.1, 0.15) is 22.8 Å². The molecule has 3 amide bonds. The zero-order valence-corrected chi connectivity index (χ0v) is 13.9. The molecule has 7 nitrogen and oxygen atoms in total. The van der Waals surface area contributed by atoms with Gasteiger partial charge in [0.05, 0.1) is 5.56 Å². The van der Waals surface area contributed by atoms with Crippen LogP contribution in [0.4, 0.5) is 16.2 Å². The number of nitrogens with one attached hydrogen (secondary N) is 2. The highest BCUT2D eigenvalue weighted by atomic mass is 16.5. The van der Waals surface area contributed by atoms with Crippen LogP contribution in [-0.4, -0.2) is 24.0 Å². The van der Waals surface area contributed by atoms with E-state index in [1.165, 1.54) is 19.1 Å². The summed E-state index contributed by atoms with van der Waals surface area (Å²) < 4.78 is 5.17. The van der Waals surface area contributed by atoms with Crippen LogP contribution in [0.25, 0.3) is 0 Å². The minimum Gasteiger partial charge on any atom is -0.449 e. The summed E-state index contributed by atoms with van der Waals surface area (Å²) in [5.41, 5.74) is 7.22. The molecular weight excluding hydrogens is 322 g/mol. The van der Waals surface area contributed by atoms with E-state index in [9.17, 15) is 14.4 Å². The van der Waals surface area contributed by atoms with Crippen molar-refractivity contribution in [2.45, 2.75) is 20.0 Å². The number of carbonyl (C=O) groups excluding carboxylic acids is 3. The molecule has 7 heteroatoms. The number of nitrogens with two attached hydrogens (primary N) is 1. The van der Waals surface area contributed by atoms with Crippen LogP contribution < -0.4 is 16.4 Å². The predicted molar refractivity (Wildman–Crippen MR) is 94.3 cm³/mol. The van der Waals surface area contributed by atoms with Gasteiger partial charge in [-0.3, -0.25) is 4.79 Å². The van der Waals surface area contributed by atoms with Gasteiger partial charge in [-0.2, -0.15) is 0 Å². The number of esters is 1. The first-order chi connectivity index (χ1) is 11.8. The van der Waals surface area contributed by atoms with Crippen molar-refractivity contribution in [3.8, 4) is 0 Å². The zero-order valence-electron chi connectivity index (χ0n) is 13.9. The van der Waals surface area contributed by atoms with Gasteiger partial charge in [-0.15, -0.1) is 0 Å². The molecule has 0 aliphatic carbocycles. The molecule has 0 fully saturated rings. The maximum atomic E-state index is 12.2. The predicted octanol–water partition coefficient (Wildman–Crippen LogP) is 2.67. The molecular formula is C18H19N3O4. The van der Waals surface area contributed by atoms with Crippen molar-refractivity contribution < 1.29 is 19.1 Å². The topological polar surface area (TPSA) is 111 Å². The van der Waals surface area contributed by atoms with Crippen molar-refractivity contribution in [3.63, 3.8) is 0 Å². The molecule has 4 N–H and O–H groups in total. The lowest BCUT2D eigenvalue weighted by Gasteiger charge is -2.14. The van der Waals surface area contributed by atoms with Gasteiger partial charge in [0.15, 0.2) is 6.10 Å². The number of benzene rings is 2. The Bertz CT molecular complexity index is 804. The summed E-state index contributed by atoms with van der Waals surface area (Å²) >= 11 is 0. The van der Waals surface area contributed by atoms with Crippen molar-refractivity contribution in [2.75, 3.05) is 10.6 Å². The largest absolute Gasteiger partial charge is 0.449 e. The third kappa shape index (κ3) is 5.35. The second-order valence-electron chi connectivity index (χ2n) is 5.48. The van der Waals surface area contributed by atoms with Gasteiger partial charge < -0.3 is 21.1 Å². The van der Waals surface area contributed by atoms with Gasteiger partial charge in [-0.05, 0) is 49.7 Å². The van der Waals surface area contributed by atoms with E-state index in [4.69, 9.17) is 10.5 Å².